The van der Waals surface area contributed by atoms with Crippen LogP contribution in [0.3, 0.4) is 0 Å². The Kier molecular flexibility index (Phi) is 2.99. The van der Waals surface area contributed by atoms with Crippen LogP contribution in [0.5, 0.6) is 5.88 Å². The van der Waals surface area contributed by atoms with Crippen molar-refractivity contribution in [3.05, 3.63) is 39.4 Å². The molecule has 7 heteroatoms. The summed E-state index contributed by atoms with van der Waals surface area (Å²) >= 11 is 7.80. The van der Waals surface area contributed by atoms with E-state index in [9.17, 15) is 9.90 Å². The van der Waals surface area contributed by atoms with Crippen LogP contribution in [0, 0.1) is 0 Å². The molecule has 100 valence electrons. The molecule has 5 nitrogen and oxygen atoms in total. The van der Waals surface area contributed by atoms with Gasteiger partial charge in [0.15, 0.2) is 0 Å². The van der Waals surface area contributed by atoms with Crippen LogP contribution < -0.4 is 11.4 Å². The standard InChI is InChI=1S/C12H12ClN3O2S/c13-8-5-7(14)1-2-9(8)16-11(17)10-6-19-4-3-15(10)12(16)18/h1-2,5,17H,3-4,6,14H2. The van der Waals surface area contributed by atoms with Crippen LogP contribution in [0.25, 0.3) is 5.69 Å². The maximum atomic E-state index is 12.3. The number of rotatable bonds is 1. The largest absolute Gasteiger partial charge is 0.493 e. The molecular weight excluding hydrogens is 286 g/mol. The Morgan fingerprint density at radius 1 is 1.42 bits per heavy atom. The summed E-state index contributed by atoms with van der Waals surface area (Å²) in [4.78, 5) is 12.3. The second-order valence-electron chi connectivity index (χ2n) is 4.30. The van der Waals surface area contributed by atoms with Gasteiger partial charge in [-0.05, 0) is 18.2 Å². The zero-order valence-corrected chi connectivity index (χ0v) is 11.5. The average molecular weight is 298 g/mol. The summed E-state index contributed by atoms with van der Waals surface area (Å²) in [5.74, 6) is 1.45. The van der Waals surface area contributed by atoms with E-state index in [0.717, 1.165) is 5.75 Å². The molecule has 0 saturated heterocycles. The third kappa shape index (κ3) is 1.91. The fourth-order valence-corrected chi connectivity index (χ4v) is 3.40. The Hall–Kier alpha value is -1.53. The molecule has 0 atom stereocenters. The van der Waals surface area contributed by atoms with Crippen molar-refractivity contribution >= 4 is 29.1 Å². The minimum atomic E-state index is -0.264. The number of halogens is 1. The topological polar surface area (TPSA) is 73.2 Å². The Bertz CT molecular complexity index is 708. The Morgan fingerprint density at radius 3 is 2.89 bits per heavy atom. The molecule has 1 aliphatic heterocycles. The van der Waals surface area contributed by atoms with Crippen molar-refractivity contribution in [2.45, 2.75) is 12.3 Å². The van der Waals surface area contributed by atoms with Crippen molar-refractivity contribution in [1.82, 2.24) is 9.13 Å². The number of hydrogen-bond acceptors (Lipinski definition) is 4. The molecule has 2 heterocycles. The molecule has 0 bridgehead atoms. The third-order valence-corrected chi connectivity index (χ3v) is 4.38. The molecule has 0 unspecified atom stereocenters. The summed E-state index contributed by atoms with van der Waals surface area (Å²) in [5.41, 5.74) is 6.98. The van der Waals surface area contributed by atoms with Gasteiger partial charge in [0.2, 0.25) is 5.88 Å². The van der Waals surface area contributed by atoms with Crippen LogP contribution in [0.4, 0.5) is 5.69 Å². The van der Waals surface area contributed by atoms with Gasteiger partial charge >= 0.3 is 5.69 Å². The van der Waals surface area contributed by atoms with E-state index in [1.54, 1.807) is 34.5 Å². The summed E-state index contributed by atoms with van der Waals surface area (Å²) < 4.78 is 2.83. The van der Waals surface area contributed by atoms with Gasteiger partial charge in [-0.2, -0.15) is 11.8 Å². The predicted molar refractivity (Wildman–Crippen MR) is 77.3 cm³/mol. The van der Waals surface area contributed by atoms with Crippen LogP contribution in [0.15, 0.2) is 23.0 Å². The van der Waals surface area contributed by atoms with Crippen molar-refractivity contribution in [3.8, 4) is 11.6 Å². The second kappa shape index (κ2) is 4.54. The minimum Gasteiger partial charge on any atom is -0.493 e. The lowest BCUT2D eigenvalue weighted by atomic mass is 10.3. The van der Waals surface area contributed by atoms with Crippen molar-refractivity contribution in [3.63, 3.8) is 0 Å². The number of hydrogen-bond donors (Lipinski definition) is 2. The first-order chi connectivity index (χ1) is 9.09. The quantitative estimate of drug-likeness (QED) is 0.788. The van der Waals surface area contributed by atoms with Gasteiger partial charge in [0.25, 0.3) is 0 Å². The maximum absolute atomic E-state index is 12.3. The zero-order chi connectivity index (χ0) is 13.6. The van der Waals surface area contributed by atoms with Crippen LogP contribution in [-0.2, 0) is 12.3 Å². The lowest BCUT2D eigenvalue weighted by molar-refractivity contribution is 0.435. The van der Waals surface area contributed by atoms with Gasteiger partial charge in [-0.15, -0.1) is 0 Å². The molecule has 0 spiro atoms. The number of nitrogen functional groups attached to an aromatic ring is 1. The molecule has 0 amide bonds. The Labute approximate surface area is 118 Å². The van der Waals surface area contributed by atoms with E-state index < -0.39 is 0 Å². The van der Waals surface area contributed by atoms with E-state index in [1.165, 1.54) is 4.57 Å². The molecule has 0 saturated carbocycles. The summed E-state index contributed by atoms with van der Waals surface area (Å²) in [6.45, 7) is 0.603. The monoisotopic (exact) mass is 297 g/mol. The zero-order valence-electron chi connectivity index (χ0n) is 9.97. The molecule has 0 fully saturated rings. The SMILES string of the molecule is Nc1ccc(-n2c(O)c3n(c2=O)CCSC3)c(Cl)c1. The fourth-order valence-electron chi connectivity index (χ4n) is 2.20. The van der Waals surface area contributed by atoms with Crippen molar-refractivity contribution in [1.29, 1.82) is 0 Å². The lowest BCUT2D eigenvalue weighted by Crippen LogP contribution is -2.26. The Balaban J connectivity index is 2.26. The molecular formula is C12H12ClN3O2S. The molecule has 0 aliphatic carbocycles. The highest BCUT2D eigenvalue weighted by Gasteiger charge is 2.23. The summed E-state index contributed by atoms with van der Waals surface area (Å²) in [6, 6.07) is 4.85. The van der Waals surface area contributed by atoms with Crippen molar-refractivity contribution in [2.75, 3.05) is 11.5 Å². The summed E-state index contributed by atoms with van der Waals surface area (Å²) in [7, 11) is 0. The van der Waals surface area contributed by atoms with Crippen molar-refractivity contribution < 1.29 is 5.11 Å². The minimum absolute atomic E-state index is 0.0381. The van der Waals surface area contributed by atoms with Gasteiger partial charge < -0.3 is 10.8 Å². The van der Waals surface area contributed by atoms with Gasteiger partial charge in [-0.3, -0.25) is 4.57 Å². The maximum Gasteiger partial charge on any atom is 0.336 e. The van der Waals surface area contributed by atoms with Gasteiger partial charge in [0.1, 0.15) is 0 Å². The van der Waals surface area contributed by atoms with Gasteiger partial charge in [0, 0.05) is 23.7 Å². The van der Waals surface area contributed by atoms with Crippen LogP contribution in [0.1, 0.15) is 5.69 Å². The second-order valence-corrected chi connectivity index (χ2v) is 5.82. The number of nitrogens with two attached hydrogens (primary N) is 1. The number of aromatic nitrogens is 2. The third-order valence-electron chi connectivity index (χ3n) is 3.13. The van der Waals surface area contributed by atoms with E-state index in [1.807, 2.05) is 0 Å². The number of thioether (sulfide) groups is 1. The van der Waals surface area contributed by atoms with Gasteiger partial charge in [-0.25, -0.2) is 9.36 Å². The molecule has 3 rings (SSSR count). The normalized spacial score (nSPS) is 14.4. The highest BCUT2D eigenvalue weighted by Crippen LogP contribution is 2.31. The number of fused-ring (bicyclic) bond motifs is 1. The first kappa shape index (κ1) is 12.5. The fraction of sp³-hybridized carbons (Fsp3) is 0.250. The lowest BCUT2D eigenvalue weighted by Gasteiger charge is -2.11. The van der Waals surface area contributed by atoms with Crippen LogP contribution >= 0.6 is 23.4 Å². The molecule has 1 aromatic carbocycles. The highest BCUT2D eigenvalue weighted by molar-refractivity contribution is 7.98. The van der Waals surface area contributed by atoms with Crippen LogP contribution in [0.2, 0.25) is 5.02 Å². The van der Waals surface area contributed by atoms with Crippen molar-refractivity contribution in [2.24, 2.45) is 0 Å². The molecule has 19 heavy (non-hydrogen) atoms. The predicted octanol–water partition coefficient (Wildman–Crippen LogP) is 1.83. The van der Waals surface area contributed by atoms with Gasteiger partial charge in [0.05, 0.1) is 16.4 Å². The Morgan fingerprint density at radius 2 is 2.21 bits per heavy atom. The molecule has 3 N–H and O–H groups in total. The summed E-state index contributed by atoms with van der Waals surface area (Å²) in [6.07, 6.45) is 0. The highest BCUT2D eigenvalue weighted by atomic mass is 35.5. The number of nitrogens with zero attached hydrogens (tertiary/aromatic N) is 2. The van der Waals surface area contributed by atoms with Crippen LogP contribution in [-0.4, -0.2) is 20.0 Å². The summed E-state index contributed by atoms with van der Waals surface area (Å²) in [5, 5.41) is 10.6. The molecule has 2 aromatic rings. The van der Waals surface area contributed by atoms with E-state index in [0.29, 0.717) is 34.4 Å². The van der Waals surface area contributed by atoms with E-state index >= 15 is 0 Å². The average Bonchev–Trinajstić information content (AvgIpc) is 2.64. The first-order valence-electron chi connectivity index (χ1n) is 5.76. The van der Waals surface area contributed by atoms with E-state index in [-0.39, 0.29) is 11.6 Å². The number of imidazole rings is 1. The molecule has 1 aromatic heterocycles. The molecule has 0 radical (unpaired) electrons. The number of aromatic hydroxyl groups is 1. The van der Waals surface area contributed by atoms with E-state index in [2.05, 4.69) is 0 Å². The number of benzene rings is 1. The number of anilines is 1. The first-order valence-corrected chi connectivity index (χ1v) is 7.29. The smallest absolute Gasteiger partial charge is 0.336 e. The molecule has 1 aliphatic rings. The van der Waals surface area contributed by atoms with Gasteiger partial charge in [-0.1, -0.05) is 11.6 Å². The van der Waals surface area contributed by atoms with E-state index in [4.69, 9.17) is 17.3 Å².